The number of hydrogen-bond acceptors (Lipinski definition) is 2. The molecule has 0 unspecified atom stereocenters. The van der Waals surface area contributed by atoms with Crippen molar-refractivity contribution < 1.29 is 22.4 Å². The number of nitrogens with zero attached hydrogens (tertiary/aromatic N) is 2. The normalized spacial score (nSPS) is 11.8. The zero-order chi connectivity index (χ0) is 17.2. The maximum atomic E-state index is 13.4. The summed E-state index contributed by atoms with van der Waals surface area (Å²) in [4.78, 5) is 12.0. The van der Waals surface area contributed by atoms with Crippen LogP contribution in [0.4, 0.5) is 17.6 Å². The summed E-state index contributed by atoms with van der Waals surface area (Å²) in [5.74, 6) is -1.33. The van der Waals surface area contributed by atoms with Crippen LogP contribution in [0.3, 0.4) is 0 Å². The summed E-state index contributed by atoms with van der Waals surface area (Å²) in [5.41, 5.74) is -1.74. The van der Waals surface area contributed by atoms with E-state index in [4.69, 9.17) is 0 Å². The number of hydrogen-bond donors (Lipinski definition) is 1. The molecule has 0 aliphatic rings. The topological polar surface area (TPSA) is 46.9 Å². The second-order valence-electron chi connectivity index (χ2n) is 5.40. The van der Waals surface area contributed by atoms with E-state index >= 15 is 0 Å². The molecule has 0 atom stereocenters. The van der Waals surface area contributed by atoms with Crippen molar-refractivity contribution in [3.8, 4) is 5.69 Å². The van der Waals surface area contributed by atoms with E-state index in [2.05, 4.69) is 10.4 Å². The van der Waals surface area contributed by atoms with E-state index in [9.17, 15) is 22.4 Å². The van der Waals surface area contributed by atoms with Gasteiger partial charge in [0.1, 0.15) is 5.82 Å². The number of alkyl halides is 3. The first-order valence-electron chi connectivity index (χ1n) is 6.89. The molecule has 0 saturated heterocycles. The molecule has 124 valence electrons. The molecule has 0 spiro atoms. The fourth-order valence-electron chi connectivity index (χ4n) is 1.96. The number of amides is 1. The number of aromatic nitrogens is 2. The van der Waals surface area contributed by atoms with Crippen molar-refractivity contribution in [2.75, 3.05) is 6.54 Å². The number of halogens is 4. The number of rotatable bonds is 4. The third-order valence-electron chi connectivity index (χ3n) is 3.02. The zero-order valence-electron chi connectivity index (χ0n) is 12.5. The molecule has 4 nitrogen and oxygen atoms in total. The highest BCUT2D eigenvalue weighted by Crippen LogP contribution is 2.33. The Kier molecular flexibility index (Phi) is 4.72. The first-order valence-corrected chi connectivity index (χ1v) is 6.89. The third kappa shape index (κ3) is 3.88. The van der Waals surface area contributed by atoms with Crippen LogP contribution in [0.2, 0.25) is 0 Å². The van der Waals surface area contributed by atoms with E-state index < -0.39 is 29.2 Å². The highest BCUT2D eigenvalue weighted by atomic mass is 19.4. The Morgan fingerprint density at radius 3 is 2.39 bits per heavy atom. The van der Waals surface area contributed by atoms with E-state index in [0.717, 1.165) is 30.5 Å². The van der Waals surface area contributed by atoms with Crippen LogP contribution in [-0.2, 0) is 6.18 Å². The second kappa shape index (κ2) is 6.39. The van der Waals surface area contributed by atoms with E-state index in [1.807, 2.05) is 13.8 Å². The standard InChI is InChI=1S/C15H15F4N3O/c1-9(2)7-20-14(23)12-8-21-22(13(12)15(17,18)19)11-5-3-10(16)4-6-11/h3-6,8-9H,7H2,1-2H3,(H,20,23). The van der Waals surface area contributed by atoms with Crippen LogP contribution in [0.1, 0.15) is 29.9 Å². The van der Waals surface area contributed by atoms with Gasteiger partial charge in [0.15, 0.2) is 5.69 Å². The van der Waals surface area contributed by atoms with Gasteiger partial charge in [-0.3, -0.25) is 4.79 Å². The van der Waals surface area contributed by atoms with Crippen LogP contribution >= 0.6 is 0 Å². The minimum absolute atomic E-state index is 0.0154. The molecule has 23 heavy (non-hydrogen) atoms. The first-order chi connectivity index (χ1) is 10.7. The van der Waals surface area contributed by atoms with Gasteiger partial charge in [-0.05, 0) is 30.2 Å². The minimum atomic E-state index is -4.78. The van der Waals surface area contributed by atoms with Gasteiger partial charge in [0.05, 0.1) is 17.4 Å². The molecule has 2 aromatic rings. The average Bonchev–Trinajstić information content (AvgIpc) is 2.90. The van der Waals surface area contributed by atoms with Gasteiger partial charge in [-0.15, -0.1) is 0 Å². The summed E-state index contributed by atoms with van der Waals surface area (Å²) in [5, 5.41) is 6.08. The third-order valence-corrected chi connectivity index (χ3v) is 3.02. The van der Waals surface area contributed by atoms with Crippen LogP contribution in [0.25, 0.3) is 5.69 Å². The summed E-state index contributed by atoms with van der Waals surface area (Å²) < 4.78 is 53.6. The molecule has 1 aromatic carbocycles. The molecule has 0 radical (unpaired) electrons. The Labute approximate surface area is 130 Å². The van der Waals surface area contributed by atoms with Gasteiger partial charge in [-0.1, -0.05) is 13.8 Å². The molecule has 0 aliphatic carbocycles. The Morgan fingerprint density at radius 2 is 1.87 bits per heavy atom. The lowest BCUT2D eigenvalue weighted by molar-refractivity contribution is -0.143. The van der Waals surface area contributed by atoms with Gasteiger partial charge in [0.25, 0.3) is 5.91 Å². The lowest BCUT2D eigenvalue weighted by atomic mass is 10.2. The summed E-state index contributed by atoms with van der Waals surface area (Å²) in [7, 11) is 0. The van der Waals surface area contributed by atoms with Crippen molar-refractivity contribution in [2.24, 2.45) is 5.92 Å². The molecule has 1 N–H and O–H groups in total. The van der Waals surface area contributed by atoms with Gasteiger partial charge in [0, 0.05) is 6.54 Å². The van der Waals surface area contributed by atoms with Crippen LogP contribution in [0, 0.1) is 11.7 Å². The van der Waals surface area contributed by atoms with Crippen molar-refractivity contribution in [1.29, 1.82) is 0 Å². The van der Waals surface area contributed by atoms with Crippen LogP contribution in [-0.4, -0.2) is 22.2 Å². The summed E-state index contributed by atoms with van der Waals surface area (Å²) >= 11 is 0. The summed E-state index contributed by atoms with van der Waals surface area (Å²) in [6, 6.07) is 4.37. The predicted octanol–water partition coefficient (Wildman–Crippen LogP) is 3.42. The Hall–Kier alpha value is -2.38. The summed E-state index contributed by atoms with van der Waals surface area (Å²) in [6.45, 7) is 3.90. The molecular weight excluding hydrogens is 314 g/mol. The molecule has 0 fully saturated rings. The van der Waals surface area contributed by atoms with E-state index in [0.29, 0.717) is 4.68 Å². The maximum absolute atomic E-state index is 13.4. The van der Waals surface area contributed by atoms with Crippen molar-refractivity contribution >= 4 is 5.91 Å². The van der Waals surface area contributed by atoms with Crippen molar-refractivity contribution in [2.45, 2.75) is 20.0 Å². The lowest BCUT2D eigenvalue weighted by Crippen LogP contribution is -2.29. The largest absolute Gasteiger partial charge is 0.434 e. The molecule has 2 rings (SSSR count). The van der Waals surface area contributed by atoms with Gasteiger partial charge in [-0.2, -0.15) is 18.3 Å². The van der Waals surface area contributed by atoms with Gasteiger partial charge in [-0.25, -0.2) is 9.07 Å². The molecular formula is C15H15F4N3O. The van der Waals surface area contributed by atoms with E-state index in [1.54, 1.807) is 0 Å². The van der Waals surface area contributed by atoms with E-state index in [-0.39, 0.29) is 18.2 Å². The van der Waals surface area contributed by atoms with Gasteiger partial charge >= 0.3 is 6.18 Å². The second-order valence-corrected chi connectivity index (χ2v) is 5.40. The average molecular weight is 329 g/mol. The molecule has 1 heterocycles. The van der Waals surface area contributed by atoms with E-state index in [1.165, 1.54) is 0 Å². The summed E-state index contributed by atoms with van der Waals surface area (Å²) in [6.07, 6.45) is -3.92. The number of nitrogens with one attached hydrogen (secondary N) is 1. The Morgan fingerprint density at radius 1 is 1.26 bits per heavy atom. The number of carbonyl (C=O) groups is 1. The van der Waals surface area contributed by atoms with Crippen molar-refractivity contribution in [3.63, 3.8) is 0 Å². The van der Waals surface area contributed by atoms with Crippen LogP contribution in [0.15, 0.2) is 30.5 Å². The highest BCUT2D eigenvalue weighted by Gasteiger charge is 2.40. The monoisotopic (exact) mass is 329 g/mol. The van der Waals surface area contributed by atoms with Crippen molar-refractivity contribution in [1.82, 2.24) is 15.1 Å². The number of benzene rings is 1. The zero-order valence-corrected chi connectivity index (χ0v) is 12.5. The SMILES string of the molecule is CC(C)CNC(=O)c1cnn(-c2ccc(F)cc2)c1C(F)(F)F. The smallest absolute Gasteiger partial charge is 0.352 e. The molecule has 0 saturated carbocycles. The van der Waals surface area contributed by atoms with Gasteiger partial charge in [0.2, 0.25) is 0 Å². The molecule has 0 bridgehead atoms. The molecule has 1 amide bonds. The number of carbonyl (C=O) groups excluding carboxylic acids is 1. The predicted molar refractivity (Wildman–Crippen MR) is 75.7 cm³/mol. The molecule has 0 aliphatic heterocycles. The maximum Gasteiger partial charge on any atom is 0.434 e. The molecule has 8 heteroatoms. The fourth-order valence-corrected chi connectivity index (χ4v) is 1.96. The first kappa shape index (κ1) is 17.0. The van der Waals surface area contributed by atoms with Crippen molar-refractivity contribution in [3.05, 3.63) is 47.5 Å². The highest BCUT2D eigenvalue weighted by molar-refractivity contribution is 5.95. The molecule has 1 aromatic heterocycles. The fraction of sp³-hybridized carbons (Fsp3) is 0.333. The Balaban J connectivity index is 2.45. The lowest BCUT2D eigenvalue weighted by Gasteiger charge is -2.13. The quantitative estimate of drug-likeness (QED) is 0.874. The van der Waals surface area contributed by atoms with Crippen LogP contribution < -0.4 is 5.32 Å². The minimum Gasteiger partial charge on any atom is -0.352 e. The Bertz CT molecular complexity index is 690. The van der Waals surface area contributed by atoms with Gasteiger partial charge < -0.3 is 5.32 Å². The van der Waals surface area contributed by atoms with Crippen LogP contribution in [0.5, 0.6) is 0 Å².